The molecular weight excluding hydrogens is 198 g/mol. The Hall–Kier alpha value is -1.36. The molecule has 5 heteroatoms. The van der Waals surface area contributed by atoms with Crippen molar-refractivity contribution in [3.8, 4) is 0 Å². The van der Waals surface area contributed by atoms with E-state index >= 15 is 0 Å². The van der Waals surface area contributed by atoms with Gasteiger partial charge in [0.25, 0.3) is 0 Å². The molecule has 2 N–H and O–H groups in total. The minimum atomic E-state index is -0.806. The molecule has 1 aliphatic heterocycles. The smallest absolute Gasteiger partial charge is 0.303 e. The van der Waals surface area contributed by atoms with E-state index in [-0.39, 0.29) is 24.3 Å². The second-order valence-electron chi connectivity index (χ2n) is 3.60. The van der Waals surface area contributed by atoms with Crippen molar-refractivity contribution in [1.82, 2.24) is 5.32 Å². The largest absolute Gasteiger partial charge is 0.481 e. The first kappa shape index (κ1) is 11.7. The average molecular weight is 213 g/mol. The molecule has 0 spiro atoms. The SMILES string of the molecule is C=CC(=O)NCC1CC(CC(=O)O)CO1. The molecule has 0 aliphatic carbocycles. The number of rotatable bonds is 5. The Balaban J connectivity index is 2.21. The monoisotopic (exact) mass is 213 g/mol. The molecule has 0 aromatic carbocycles. The highest BCUT2D eigenvalue weighted by Crippen LogP contribution is 2.21. The molecule has 1 rings (SSSR count). The molecule has 0 saturated carbocycles. The average Bonchev–Trinajstić information content (AvgIpc) is 2.61. The van der Waals surface area contributed by atoms with Gasteiger partial charge < -0.3 is 15.2 Å². The molecule has 0 aromatic rings. The van der Waals surface area contributed by atoms with Gasteiger partial charge in [0.1, 0.15) is 0 Å². The second-order valence-corrected chi connectivity index (χ2v) is 3.60. The summed E-state index contributed by atoms with van der Waals surface area (Å²) in [6, 6.07) is 0. The number of nitrogens with one attached hydrogen (secondary N) is 1. The normalized spacial score (nSPS) is 24.8. The molecule has 15 heavy (non-hydrogen) atoms. The number of carbonyl (C=O) groups is 2. The first-order chi connectivity index (χ1) is 7.11. The Morgan fingerprint density at radius 3 is 2.93 bits per heavy atom. The maximum Gasteiger partial charge on any atom is 0.303 e. The molecule has 5 nitrogen and oxygen atoms in total. The van der Waals surface area contributed by atoms with Crippen LogP contribution in [0.1, 0.15) is 12.8 Å². The van der Waals surface area contributed by atoms with Gasteiger partial charge in [-0.15, -0.1) is 0 Å². The number of ether oxygens (including phenoxy) is 1. The van der Waals surface area contributed by atoms with Crippen molar-refractivity contribution in [2.24, 2.45) is 5.92 Å². The Labute approximate surface area is 88.1 Å². The van der Waals surface area contributed by atoms with Gasteiger partial charge in [-0.2, -0.15) is 0 Å². The fourth-order valence-corrected chi connectivity index (χ4v) is 1.60. The minimum Gasteiger partial charge on any atom is -0.481 e. The van der Waals surface area contributed by atoms with Gasteiger partial charge in [-0.3, -0.25) is 9.59 Å². The fraction of sp³-hybridized carbons (Fsp3) is 0.600. The zero-order valence-electron chi connectivity index (χ0n) is 8.44. The van der Waals surface area contributed by atoms with Crippen LogP contribution in [-0.2, 0) is 14.3 Å². The van der Waals surface area contributed by atoms with E-state index in [2.05, 4.69) is 11.9 Å². The van der Waals surface area contributed by atoms with E-state index in [0.717, 1.165) is 0 Å². The first-order valence-corrected chi connectivity index (χ1v) is 4.85. The highest BCUT2D eigenvalue weighted by molar-refractivity contribution is 5.86. The highest BCUT2D eigenvalue weighted by Gasteiger charge is 2.27. The van der Waals surface area contributed by atoms with Gasteiger partial charge in [0, 0.05) is 6.54 Å². The predicted molar refractivity (Wildman–Crippen MR) is 53.3 cm³/mol. The number of carboxylic acids is 1. The van der Waals surface area contributed by atoms with Crippen molar-refractivity contribution in [3.63, 3.8) is 0 Å². The van der Waals surface area contributed by atoms with Crippen molar-refractivity contribution in [3.05, 3.63) is 12.7 Å². The van der Waals surface area contributed by atoms with Crippen LogP contribution in [0.4, 0.5) is 0 Å². The van der Waals surface area contributed by atoms with Crippen molar-refractivity contribution >= 4 is 11.9 Å². The lowest BCUT2D eigenvalue weighted by Gasteiger charge is -2.09. The predicted octanol–water partition coefficient (Wildman–Crippen LogP) is 0.168. The number of aliphatic carboxylic acids is 1. The zero-order valence-corrected chi connectivity index (χ0v) is 8.44. The summed E-state index contributed by atoms with van der Waals surface area (Å²) < 4.78 is 5.35. The van der Waals surface area contributed by atoms with Crippen LogP contribution in [0.2, 0.25) is 0 Å². The zero-order chi connectivity index (χ0) is 11.3. The van der Waals surface area contributed by atoms with Crippen LogP contribution in [0, 0.1) is 5.92 Å². The van der Waals surface area contributed by atoms with Crippen LogP contribution >= 0.6 is 0 Å². The standard InChI is InChI=1S/C10H15NO4/c1-2-9(12)11-5-8-3-7(6-15-8)4-10(13)14/h2,7-8H,1,3-6H2,(H,11,12)(H,13,14). The van der Waals surface area contributed by atoms with Gasteiger partial charge in [0.05, 0.1) is 19.1 Å². The molecule has 0 radical (unpaired) electrons. The van der Waals surface area contributed by atoms with Gasteiger partial charge in [0.15, 0.2) is 0 Å². The molecule has 0 bridgehead atoms. The molecule has 2 unspecified atom stereocenters. The Morgan fingerprint density at radius 2 is 2.33 bits per heavy atom. The van der Waals surface area contributed by atoms with Gasteiger partial charge in [-0.1, -0.05) is 6.58 Å². The molecule has 2 atom stereocenters. The summed E-state index contributed by atoms with van der Waals surface area (Å²) >= 11 is 0. The minimum absolute atomic E-state index is 0.0631. The van der Waals surface area contributed by atoms with E-state index in [9.17, 15) is 9.59 Å². The first-order valence-electron chi connectivity index (χ1n) is 4.85. The maximum atomic E-state index is 10.8. The van der Waals surface area contributed by atoms with E-state index in [0.29, 0.717) is 19.6 Å². The summed E-state index contributed by atoms with van der Waals surface area (Å²) in [5.41, 5.74) is 0. The summed E-state index contributed by atoms with van der Waals surface area (Å²) in [6.07, 6.45) is 1.94. The fourth-order valence-electron chi connectivity index (χ4n) is 1.60. The van der Waals surface area contributed by atoms with E-state index in [1.165, 1.54) is 6.08 Å². The second kappa shape index (κ2) is 5.50. The van der Waals surface area contributed by atoms with Crippen molar-refractivity contribution < 1.29 is 19.4 Å². The van der Waals surface area contributed by atoms with Gasteiger partial charge in [-0.05, 0) is 18.4 Å². The van der Waals surface area contributed by atoms with Gasteiger partial charge in [0.2, 0.25) is 5.91 Å². The lowest BCUT2D eigenvalue weighted by Crippen LogP contribution is -2.30. The maximum absolute atomic E-state index is 10.8. The number of carbonyl (C=O) groups excluding carboxylic acids is 1. The van der Waals surface area contributed by atoms with Crippen LogP contribution in [0.25, 0.3) is 0 Å². The molecular formula is C10H15NO4. The molecule has 1 fully saturated rings. The Morgan fingerprint density at radius 1 is 1.60 bits per heavy atom. The highest BCUT2D eigenvalue weighted by atomic mass is 16.5. The van der Waals surface area contributed by atoms with E-state index in [4.69, 9.17) is 9.84 Å². The lowest BCUT2D eigenvalue weighted by atomic mass is 10.0. The summed E-state index contributed by atoms with van der Waals surface area (Å²) in [5, 5.41) is 11.2. The van der Waals surface area contributed by atoms with Gasteiger partial charge >= 0.3 is 5.97 Å². The van der Waals surface area contributed by atoms with Crippen LogP contribution in [0.15, 0.2) is 12.7 Å². The topological polar surface area (TPSA) is 75.6 Å². The van der Waals surface area contributed by atoms with E-state index in [1.54, 1.807) is 0 Å². The molecule has 0 aromatic heterocycles. The van der Waals surface area contributed by atoms with Crippen LogP contribution in [0.3, 0.4) is 0 Å². The van der Waals surface area contributed by atoms with Crippen molar-refractivity contribution in [2.75, 3.05) is 13.2 Å². The van der Waals surface area contributed by atoms with Crippen LogP contribution in [-0.4, -0.2) is 36.2 Å². The third-order valence-corrected chi connectivity index (χ3v) is 2.32. The molecule has 1 aliphatic rings. The number of carboxylic acid groups (broad SMARTS) is 1. The lowest BCUT2D eigenvalue weighted by molar-refractivity contribution is -0.138. The summed E-state index contributed by atoms with van der Waals surface area (Å²) in [5.74, 6) is -0.979. The quantitative estimate of drug-likeness (QED) is 0.638. The summed E-state index contributed by atoms with van der Waals surface area (Å²) in [7, 11) is 0. The molecule has 84 valence electrons. The summed E-state index contributed by atoms with van der Waals surface area (Å²) in [6.45, 7) is 4.21. The van der Waals surface area contributed by atoms with Gasteiger partial charge in [-0.25, -0.2) is 0 Å². The van der Waals surface area contributed by atoms with Crippen LogP contribution < -0.4 is 5.32 Å². The Bertz CT molecular complexity index is 264. The van der Waals surface area contributed by atoms with E-state index in [1.807, 2.05) is 0 Å². The Kier molecular flexibility index (Phi) is 4.30. The third-order valence-electron chi connectivity index (χ3n) is 2.32. The van der Waals surface area contributed by atoms with Crippen molar-refractivity contribution in [2.45, 2.75) is 18.9 Å². The number of hydrogen-bond donors (Lipinski definition) is 2. The third kappa shape index (κ3) is 4.12. The number of hydrogen-bond acceptors (Lipinski definition) is 3. The molecule has 1 amide bonds. The van der Waals surface area contributed by atoms with Crippen LogP contribution in [0.5, 0.6) is 0 Å². The number of amides is 1. The molecule has 1 heterocycles. The summed E-state index contributed by atoms with van der Waals surface area (Å²) in [4.78, 5) is 21.3. The molecule has 1 saturated heterocycles. The van der Waals surface area contributed by atoms with E-state index < -0.39 is 5.97 Å². The van der Waals surface area contributed by atoms with Crippen molar-refractivity contribution in [1.29, 1.82) is 0 Å².